The second-order valence-corrected chi connectivity index (χ2v) is 7.38. The zero-order valence-corrected chi connectivity index (χ0v) is 16.1. The standard InChI is InChI=1S/C22H25N3O3/c1-16-2-6-20(7-3-16)25-15-17(14-21(25)26)22(27)23-18-4-8-19(9-5-18)24-10-12-28-13-11-24/h2-9,17H,10-15H2,1H3,(H,23,27)/t17-/m1/s1. The number of aryl methyl sites for hydroxylation is 1. The molecule has 2 fully saturated rings. The van der Waals surface area contributed by atoms with Gasteiger partial charge in [0, 0.05) is 43.1 Å². The predicted molar refractivity (Wildman–Crippen MR) is 110 cm³/mol. The Hall–Kier alpha value is -2.86. The van der Waals surface area contributed by atoms with Crippen LogP contribution in [-0.2, 0) is 14.3 Å². The molecule has 0 saturated carbocycles. The summed E-state index contributed by atoms with van der Waals surface area (Å²) < 4.78 is 5.38. The lowest BCUT2D eigenvalue weighted by molar-refractivity contribution is -0.122. The zero-order chi connectivity index (χ0) is 19.5. The van der Waals surface area contributed by atoms with Crippen molar-refractivity contribution in [3.63, 3.8) is 0 Å². The Kier molecular flexibility index (Phi) is 5.30. The number of hydrogen-bond acceptors (Lipinski definition) is 4. The molecular weight excluding hydrogens is 354 g/mol. The molecule has 0 radical (unpaired) electrons. The van der Waals surface area contributed by atoms with Crippen molar-refractivity contribution >= 4 is 28.9 Å². The van der Waals surface area contributed by atoms with Crippen LogP contribution < -0.4 is 15.1 Å². The number of nitrogens with one attached hydrogen (secondary N) is 1. The molecule has 28 heavy (non-hydrogen) atoms. The average molecular weight is 379 g/mol. The van der Waals surface area contributed by atoms with Crippen LogP contribution in [0.2, 0.25) is 0 Å². The third-order valence-corrected chi connectivity index (χ3v) is 5.35. The maximum Gasteiger partial charge on any atom is 0.229 e. The van der Waals surface area contributed by atoms with Crippen LogP contribution in [0, 0.1) is 12.8 Å². The van der Waals surface area contributed by atoms with E-state index in [2.05, 4.69) is 10.2 Å². The van der Waals surface area contributed by atoms with E-state index in [0.29, 0.717) is 6.54 Å². The molecule has 1 N–H and O–H groups in total. The quantitative estimate of drug-likeness (QED) is 0.887. The van der Waals surface area contributed by atoms with Gasteiger partial charge in [-0.3, -0.25) is 9.59 Å². The first-order chi connectivity index (χ1) is 13.6. The molecule has 2 aromatic rings. The fraction of sp³-hybridized carbons (Fsp3) is 0.364. The Morgan fingerprint density at radius 2 is 1.64 bits per heavy atom. The van der Waals surface area contributed by atoms with Gasteiger partial charge in [0.05, 0.1) is 19.1 Å². The Balaban J connectivity index is 1.37. The van der Waals surface area contributed by atoms with Crippen molar-refractivity contribution in [1.29, 1.82) is 0 Å². The summed E-state index contributed by atoms with van der Waals surface area (Å²) in [4.78, 5) is 29.0. The second-order valence-electron chi connectivity index (χ2n) is 7.38. The van der Waals surface area contributed by atoms with Crippen LogP contribution >= 0.6 is 0 Å². The summed E-state index contributed by atoms with van der Waals surface area (Å²) >= 11 is 0. The summed E-state index contributed by atoms with van der Waals surface area (Å²) in [5.74, 6) is -0.457. The third kappa shape index (κ3) is 4.02. The van der Waals surface area contributed by atoms with Crippen molar-refractivity contribution in [2.24, 2.45) is 5.92 Å². The van der Waals surface area contributed by atoms with E-state index in [0.717, 1.165) is 48.9 Å². The number of hydrogen-bond donors (Lipinski definition) is 1. The minimum Gasteiger partial charge on any atom is -0.378 e. The minimum absolute atomic E-state index is 0.00771. The third-order valence-electron chi connectivity index (χ3n) is 5.35. The highest BCUT2D eigenvalue weighted by atomic mass is 16.5. The van der Waals surface area contributed by atoms with Crippen molar-refractivity contribution in [3.05, 3.63) is 54.1 Å². The van der Waals surface area contributed by atoms with Gasteiger partial charge in [0.1, 0.15) is 0 Å². The second kappa shape index (κ2) is 8.02. The van der Waals surface area contributed by atoms with Crippen molar-refractivity contribution in [2.75, 3.05) is 48.0 Å². The number of carbonyl (C=O) groups excluding carboxylic acids is 2. The number of ether oxygens (including phenoxy) is 1. The molecule has 2 aliphatic rings. The number of rotatable bonds is 4. The molecule has 2 saturated heterocycles. The molecule has 0 bridgehead atoms. The highest BCUT2D eigenvalue weighted by Crippen LogP contribution is 2.27. The van der Waals surface area contributed by atoms with E-state index in [-0.39, 0.29) is 24.2 Å². The monoisotopic (exact) mass is 379 g/mol. The first-order valence-corrected chi connectivity index (χ1v) is 9.71. The lowest BCUT2D eigenvalue weighted by atomic mass is 10.1. The van der Waals surface area contributed by atoms with Crippen LogP contribution in [0.4, 0.5) is 17.1 Å². The lowest BCUT2D eigenvalue weighted by Gasteiger charge is -2.28. The molecule has 0 spiro atoms. The Morgan fingerprint density at radius 3 is 2.32 bits per heavy atom. The molecule has 6 nitrogen and oxygen atoms in total. The predicted octanol–water partition coefficient (Wildman–Crippen LogP) is 2.82. The summed E-state index contributed by atoms with van der Waals surface area (Å²) in [6.45, 7) is 5.67. The van der Waals surface area contributed by atoms with Gasteiger partial charge in [-0.05, 0) is 43.3 Å². The SMILES string of the molecule is Cc1ccc(N2C[C@H](C(=O)Nc3ccc(N4CCOCC4)cc3)CC2=O)cc1. The summed E-state index contributed by atoms with van der Waals surface area (Å²) in [5.41, 5.74) is 3.87. The zero-order valence-electron chi connectivity index (χ0n) is 16.1. The molecule has 146 valence electrons. The number of benzene rings is 2. The molecule has 2 aromatic carbocycles. The fourth-order valence-electron chi connectivity index (χ4n) is 3.68. The molecule has 0 aromatic heterocycles. The number of morpholine rings is 1. The molecule has 0 aliphatic carbocycles. The van der Waals surface area contributed by atoms with Gasteiger partial charge in [-0.1, -0.05) is 17.7 Å². The van der Waals surface area contributed by atoms with Gasteiger partial charge < -0.3 is 19.9 Å². The van der Waals surface area contributed by atoms with E-state index in [1.54, 1.807) is 4.90 Å². The Morgan fingerprint density at radius 1 is 1.00 bits per heavy atom. The van der Waals surface area contributed by atoms with Crippen LogP contribution in [0.15, 0.2) is 48.5 Å². The van der Waals surface area contributed by atoms with E-state index in [9.17, 15) is 9.59 Å². The van der Waals surface area contributed by atoms with Gasteiger partial charge in [0.25, 0.3) is 0 Å². The van der Waals surface area contributed by atoms with Crippen LogP contribution in [0.1, 0.15) is 12.0 Å². The highest BCUT2D eigenvalue weighted by molar-refractivity contribution is 6.03. The topological polar surface area (TPSA) is 61.9 Å². The molecular formula is C22H25N3O3. The van der Waals surface area contributed by atoms with E-state index in [1.807, 2.05) is 55.5 Å². The van der Waals surface area contributed by atoms with E-state index in [4.69, 9.17) is 4.74 Å². The number of nitrogens with zero attached hydrogens (tertiary/aromatic N) is 2. The largest absolute Gasteiger partial charge is 0.378 e. The first kappa shape index (κ1) is 18.5. The van der Waals surface area contributed by atoms with Crippen molar-refractivity contribution in [3.8, 4) is 0 Å². The Bertz CT molecular complexity index is 842. The molecule has 1 atom stereocenters. The van der Waals surface area contributed by atoms with Crippen LogP contribution in [0.5, 0.6) is 0 Å². The molecule has 6 heteroatoms. The van der Waals surface area contributed by atoms with E-state index >= 15 is 0 Å². The van der Waals surface area contributed by atoms with Crippen molar-refractivity contribution in [1.82, 2.24) is 0 Å². The van der Waals surface area contributed by atoms with E-state index < -0.39 is 0 Å². The first-order valence-electron chi connectivity index (χ1n) is 9.71. The number of anilines is 3. The van der Waals surface area contributed by atoms with Crippen LogP contribution in [0.3, 0.4) is 0 Å². The molecule has 4 rings (SSSR count). The van der Waals surface area contributed by atoms with Crippen molar-refractivity contribution < 1.29 is 14.3 Å². The summed E-state index contributed by atoms with van der Waals surface area (Å²) in [6.07, 6.45) is 0.242. The maximum absolute atomic E-state index is 12.7. The smallest absolute Gasteiger partial charge is 0.229 e. The van der Waals surface area contributed by atoms with Crippen LogP contribution in [-0.4, -0.2) is 44.7 Å². The average Bonchev–Trinajstić information content (AvgIpc) is 3.12. The molecule has 2 heterocycles. The molecule has 0 unspecified atom stereocenters. The van der Waals surface area contributed by atoms with Gasteiger partial charge in [-0.2, -0.15) is 0 Å². The minimum atomic E-state index is -0.340. The summed E-state index contributed by atoms with van der Waals surface area (Å²) in [5, 5.41) is 2.95. The van der Waals surface area contributed by atoms with Crippen molar-refractivity contribution in [2.45, 2.75) is 13.3 Å². The van der Waals surface area contributed by atoms with E-state index in [1.165, 1.54) is 0 Å². The normalized spacial score (nSPS) is 19.8. The van der Waals surface area contributed by atoms with Crippen LogP contribution in [0.25, 0.3) is 0 Å². The van der Waals surface area contributed by atoms with Gasteiger partial charge in [-0.15, -0.1) is 0 Å². The summed E-state index contributed by atoms with van der Waals surface area (Å²) in [6, 6.07) is 15.7. The van der Waals surface area contributed by atoms with Gasteiger partial charge in [0.15, 0.2) is 0 Å². The molecule has 2 aliphatic heterocycles. The lowest BCUT2D eigenvalue weighted by Crippen LogP contribution is -2.36. The van der Waals surface area contributed by atoms with Gasteiger partial charge >= 0.3 is 0 Å². The molecule has 2 amide bonds. The number of carbonyl (C=O) groups is 2. The number of amides is 2. The van der Waals surface area contributed by atoms with Gasteiger partial charge in [0.2, 0.25) is 11.8 Å². The highest BCUT2D eigenvalue weighted by Gasteiger charge is 2.35. The van der Waals surface area contributed by atoms with Gasteiger partial charge in [-0.25, -0.2) is 0 Å². The Labute approximate surface area is 165 Å². The fourth-order valence-corrected chi connectivity index (χ4v) is 3.68. The summed E-state index contributed by atoms with van der Waals surface area (Å²) in [7, 11) is 0. The maximum atomic E-state index is 12.7.